The van der Waals surface area contributed by atoms with E-state index in [9.17, 15) is 9.18 Å². The van der Waals surface area contributed by atoms with Gasteiger partial charge < -0.3 is 4.74 Å². The lowest BCUT2D eigenvalue weighted by Crippen LogP contribution is -1.98. The van der Waals surface area contributed by atoms with E-state index in [1.165, 1.54) is 0 Å². The van der Waals surface area contributed by atoms with Gasteiger partial charge in [-0.2, -0.15) is 0 Å². The summed E-state index contributed by atoms with van der Waals surface area (Å²) in [6, 6.07) is 5.01. The number of hydrogen-bond donors (Lipinski definition) is 0. The van der Waals surface area contributed by atoms with E-state index in [1.807, 2.05) is 0 Å². The minimum absolute atomic E-state index is 0.343. The monoisotopic (exact) mass is 260 g/mol. The van der Waals surface area contributed by atoms with Gasteiger partial charge in [0.25, 0.3) is 0 Å². The van der Waals surface area contributed by atoms with Crippen molar-refractivity contribution in [3.8, 4) is 5.75 Å². The molecule has 1 rings (SSSR count). The number of benzene rings is 1. The summed E-state index contributed by atoms with van der Waals surface area (Å²) < 4.78 is 17.8. The first kappa shape index (κ1) is 11.2. The second-order valence-corrected chi connectivity index (χ2v) is 3.55. The predicted octanol–water partition coefficient (Wildman–Crippen LogP) is 3.00. The third kappa shape index (κ3) is 3.10. The molecule has 0 heterocycles. The molecule has 0 N–H and O–H groups in total. The molecule has 0 radical (unpaired) electrons. The zero-order valence-electron chi connectivity index (χ0n) is 7.50. The molecule has 0 amide bonds. The fourth-order valence-corrected chi connectivity index (χ4v) is 1.46. The molecule has 0 aliphatic carbocycles. The number of hydrogen-bond acceptors (Lipinski definition) is 2. The van der Waals surface area contributed by atoms with Crippen LogP contribution in [0, 0.1) is 0 Å². The molecule has 1 aromatic carbocycles. The molecule has 0 saturated carbocycles. The summed E-state index contributed by atoms with van der Waals surface area (Å²) in [5, 5.41) is 0. The van der Waals surface area contributed by atoms with E-state index >= 15 is 0 Å². The van der Waals surface area contributed by atoms with Gasteiger partial charge in [0.15, 0.2) is 0 Å². The summed E-state index contributed by atoms with van der Waals surface area (Å²) >= 11 is 3.26. The van der Waals surface area contributed by atoms with Crippen molar-refractivity contribution in [2.75, 3.05) is 13.3 Å². The average molecular weight is 261 g/mol. The molecule has 0 spiro atoms. The highest BCUT2D eigenvalue weighted by atomic mass is 79.9. The van der Waals surface area contributed by atoms with Crippen molar-refractivity contribution in [2.24, 2.45) is 0 Å². The first-order valence-electron chi connectivity index (χ1n) is 4.21. The molecule has 4 heteroatoms. The maximum Gasteiger partial charge on any atom is 0.150 e. The smallest absolute Gasteiger partial charge is 0.150 e. The number of ether oxygens (including phenoxy) is 1. The Labute approximate surface area is 90.2 Å². The molecule has 0 atom stereocenters. The number of rotatable bonds is 5. The largest absolute Gasteiger partial charge is 0.492 e. The summed E-state index contributed by atoms with van der Waals surface area (Å²) in [6.45, 7) is -0.0421. The van der Waals surface area contributed by atoms with Gasteiger partial charge in [0.05, 0.1) is 17.8 Å². The van der Waals surface area contributed by atoms with Crippen LogP contribution in [0.2, 0.25) is 0 Å². The van der Waals surface area contributed by atoms with Gasteiger partial charge in [-0.15, -0.1) is 0 Å². The molecule has 0 aromatic heterocycles. The predicted molar refractivity (Wildman–Crippen MR) is 55.6 cm³/mol. The molecule has 0 bridgehead atoms. The standard InChI is InChI=1S/C10H10BrFO2/c11-9-6-8(7-13)2-3-10(9)14-5-1-4-12/h2-3,6-7H,1,4-5H2. The lowest BCUT2D eigenvalue weighted by molar-refractivity contribution is 0.112. The zero-order chi connectivity index (χ0) is 10.4. The van der Waals surface area contributed by atoms with Crippen LogP contribution in [0.4, 0.5) is 4.39 Å². The van der Waals surface area contributed by atoms with Crippen LogP contribution in [0.15, 0.2) is 22.7 Å². The molecule has 14 heavy (non-hydrogen) atoms. The van der Waals surface area contributed by atoms with E-state index < -0.39 is 0 Å². The van der Waals surface area contributed by atoms with Gasteiger partial charge in [0, 0.05) is 12.0 Å². The molecular formula is C10H10BrFO2. The van der Waals surface area contributed by atoms with E-state index in [0.717, 1.165) is 6.29 Å². The summed E-state index contributed by atoms with van der Waals surface area (Å²) in [5.74, 6) is 0.629. The van der Waals surface area contributed by atoms with Crippen molar-refractivity contribution >= 4 is 22.2 Å². The Bertz CT molecular complexity index is 315. The topological polar surface area (TPSA) is 26.3 Å². The maximum atomic E-state index is 11.8. The number of aldehydes is 1. The Hall–Kier alpha value is -0.900. The third-order valence-electron chi connectivity index (χ3n) is 1.63. The minimum atomic E-state index is -0.385. The van der Waals surface area contributed by atoms with Crippen molar-refractivity contribution in [1.82, 2.24) is 0 Å². The van der Waals surface area contributed by atoms with E-state index in [4.69, 9.17) is 4.74 Å². The van der Waals surface area contributed by atoms with Crippen LogP contribution in [-0.4, -0.2) is 19.6 Å². The van der Waals surface area contributed by atoms with Crippen LogP contribution in [0.1, 0.15) is 16.8 Å². The lowest BCUT2D eigenvalue weighted by atomic mass is 10.2. The molecule has 1 aromatic rings. The van der Waals surface area contributed by atoms with Gasteiger partial charge in [-0.1, -0.05) is 0 Å². The van der Waals surface area contributed by atoms with E-state index in [1.54, 1.807) is 18.2 Å². The number of halogens is 2. The Kier molecular flexibility index (Phi) is 4.59. The van der Waals surface area contributed by atoms with Crippen LogP contribution in [0.3, 0.4) is 0 Å². The van der Waals surface area contributed by atoms with Gasteiger partial charge in [-0.05, 0) is 34.1 Å². The first-order chi connectivity index (χ1) is 6.77. The SMILES string of the molecule is O=Cc1ccc(OCCCF)c(Br)c1. The van der Waals surface area contributed by atoms with Gasteiger partial charge in [-0.3, -0.25) is 9.18 Å². The van der Waals surface area contributed by atoms with E-state index in [-0.39, 0.29) is 6.67 Å². The fourth-order valence-electron chi connectivity index (χ4n) is 0.944. The average Bonchev–Trinajstić information content (AvgIpc) is 2.20. The van der Waals surface area contributed by atoms with Crippen molar-refractivity contribution in [2.45, 2.75) is 6.42 Å². The van der Waals surface area contributed by atoms with Gasteiger partial charge >= 0.3 is 0 Å². The van der Waals surface area contributed by atoms with Crippen molar-refractivity contribution in [1.29, 1.82) is 0 Å². The highest BCUT2D eigenvalue weighted by Crippen LogP contribution is 2.25. The molecule has 0 fully saturated rings. The van der Waals surface area contributed by atoms with Crippen LogP contribution in [0.5, 0.6) is 5.75 Å². The van der Waals surface area contributed by atoms with Crippen molar-refractivity contribution in [3.63, 3.8) is 0 Å². The summed E-state index contributed by atoms with van der Waals surface area (Å²) in [7, 11) is 0. The molecule has 0 saturated heterocycles. The Morgan fingerprint density at radius 2 is 2.29 bits per heavy atom. The molecule has 0 aliphatic heterocycles. The molecule has 0 unspecified atom stereocenters. The van der Waals surface area contributed by atoms with Crippen molar-refractivity contribution < 1.29 is 13.9 Å². The van der Waals surface area contributed by atoms with Crippen LogP contribution in [0.25, 0.3) is 0 Å². The lowest BCUT2D eigenvalue weighted by Gasteiger charge is -2.06. The number of carbonyl (C=O) groups excluding carboxylic acids is 1. The normalized spacial score (nSPS) is 9.86. The van der Waals surface area contributed by atoms with Gasteiger partial charge in [-0.25, -0.2) is 0 Å². The minimum Gasteiger partial charge on any atom is -0.492 e. The number of carbonyl (C=O) groups is 1. The third-order valence-corrected chi connectivity index (χ3v) is 2.25. The first-order valence-corrected chi connectivity index (χ1v) is 5.00. The summed E-state index contributed by atoms with van der Waals surface area (Å²) in [4.78, 5) is 10.4. The summed E-state index contributed by atoms with van der Waals surface area (Å²) in [6.07, 6.45) is 1.14. The molecule has 76 valence electrons. The maximum absolute atomic E-state index is 11.8. The Morgan fingerprint density at radius 3 is 2.86 bits per heavy atom. The van der Waals surface area contributed by atoms with Crippen LogP contribution in [-0.2, 0) is 0 Å². The fraction of sp³-hybridized carbons (Fsp3) is 0.300. The second-order valence-electron chi connectivity index (χ2n) is 2.70. The molecule has 2 nitrogen and oxygen atoms in total. The zero-order valence-corrected chi connectivity index (χ0v) is 9.09. The van der Waals surface area contributed by atoms with Gasteiger partial charge in [0.2, 0.25) is 0 Å². The summed E-state index contributed by atoms with van der Waals surface area (Å²) in [5.41, 5.74) is 0.578. The van der Waals surface area contributed by atoms with E-state index in [0.29, 0.717) is 28.8 Å². The highest BCUT2D eigenvalue weighted by molar-refractivity contribution is 9.10. The second kappa shape index (κ2) is 5.75. The quantitative estimate of drug-likeness (QED) is 0.601. The van der Waals surface area contributed by atoms with Crippen LogP contribution >= 0.6 is 15.9 Å². The highest BCUT2D eigenvalue weighted by Gasteiger charge is 2.01. The van der Waals surface area contributed by atoms with Crippen molar-refractivity contribution in [3.05, 3.63) is 28.2 Å². The van der Waals surface area contributed by atoms with Crippen LogP contribution < -0.4 is 4.74 Å². The number of alkyl halides is 1. The van der Waals surface area contributed by atoms with E-state index in [2.05, 4.69) is 15.9 Å². The molecule has 0 aliphatic rings. The molecular weight excluding hydrogens is 251 g/mol. The Balaban J connectivity index is 2.64. The van der Waals surface area contributed by atoms with Gasteiger partial charge in [0.1, 0.15) is 12.0 Å². The Morgan fingerprint density at radius 1 is 1.50 bits per heavy atom.